The Balaban J connectivity index is 2.44. The van der Waals surface area contributed by atoms with Crippen LogP contribution in [0.4, 0.5) is 0 Å². The zero-order valence-electron chi connectivity index (χ0n) is 15.7. The van der Waals surface area contributed by atoms with Gasteiger partial charge < -0.3 is 13.9 Å². The molecule has 0 aliphatic carbocycles. The summed E-state index contributed by atoms with van der Waals surface area (Å²) < 4.78 is 14.5. The number of aromatic nitrogens is 2. The summed E-state index contributed by atoms with van der Waals surface area (Å²) in [4.78, 5) is 4.61. The van der Waals surface area contributed by atoms with Crippen LogP contribution in [0.1, 0.15) is 64.8 Å². The molecule has 1 aliphatic rings. The molecule has 0 bridgehead atoms. The van der Waals surface area contributed by atoms with E-state index < -0.39 is 7.12 Å². The molecule has 0 atom stereocenters. The van der Waals surface area contributed by atoms with Gasteiger partial charge in [-0.15, -0.1) is 0 Å². The molecule has 0 radical (unpaired) electrons. The molecule has 1 aromatic heterocycles. The van der Waals surface area contributed by atoms with E-state index in [1.54, 1.807) is 0 Å². The molecule has 1 saturated heterocycles. The number of hydrogen-bond donors (Lipinski definition) is 0. The molecule has 1 aromatic rings. The lowest BCUT2D eigenvalue weighted by molar-refractivity contribution is 0.00578. The van der Waals surface area contributed by atoms with Gasteiger partial charge in [-0.2, -0.15) is 0 Å². The van der Waals surface area contributed by atoms with Gasteiger partial charge in [0, 0.05) is 6.04 Å². The smallest absolute Gasteiger partial charge is 0.399 e. The van der Waals surface area contributed by atoms with Crippen molar-refractivity contribution in [2.24, 2.45) is 0 Å². The van der Waals surface area contributed by atoms with Crippen molar-refractivity contribution in [2.75, 3.05) is 0 Å². The zero-order valence-corrected chi connectivity index (χ0v) is 15.7. The topological polar surface area (TPSA) is 36.3 Å². The molecule has 1 fully saturated rings. The number of imidazole rings is 1. The highest BCUT2D eigenvalue weighted by atomic mass is 16.7. The van der Waals surface area contributed by atoms with Crippen LogP contribution in [0.5, 0.6) is 0 Å². The quantitative estimate of drug-likeness (QED) is 0.614. The normalized spacial score (nSPS) is 20.4. The molecule has 1 aliphatic heterocycles. The average Bonchev–Trinajstić information content (AvgIpc) is 2.79. The second-order valence-electron chi connectivity index (χ2n) is 7.53. The molecule has 0 aromatic carbocycles. The number of rotatable bonds is 4. The molecule has 0 N–H and O–H groups in total. The SMILES string of the molecule is C=C/C(=C\c1c(C)nc(C)n1C(C)C)B1OC(C)(C)C(C)(C)O1. The van der Waals surface area contributed by atoms with Crippen molar-refractivity contribution in [3.63, 3.8) is 0 Å². The fourth-order valence-corrected chi connectivity index (χ4v) is 2.89. The Labute approximate surface area is 140 Å². The van der Waals surface area contributed by atoms with Gasteiger partial charge in [-0.25, -0.2) is 4.98 Å². The van der Waals surface area contributed by atoms with Crippen LogP contribution in [0.2, 0.25) is 0 Å². The summed E-state index contributed by atoms with van der Waals surface area (Å²) in [5.74, 6) is 1.01. The van der Waals surface area contributed by atoms with Crippen LogP contribution in [-0.4, -0.2) is 27.9 Å². The van der Waals surface area contributed by atoms with Crippen LogP contribution in [-0.2, 0) is 9.31 Å². The first-order chi connectivity index (χ1) is 10.5. The summed E-state index contributed by atoms with van der Waals surface area (Å²) in [6, 6.07) is 0.340. The molecule has 2 heterocycles. The van der Waals surface area contributed by atoms with Crippen LogP contribution < -0.4 is 0 Å². The van der Waals surface area contributed by atoms with Crippen LogP contribution in [0.25, 0.3) is 6.08 Å². The van der Waals surface area contributed by atoms with Crippen molar-refractivity contribution in [3.8, 4) is 0 Å². The van der Waals surface area contributed by atoms with Gasteiger partial charge in [0.25, 0.3) is 0 Å². The summed E-state index contributed by atoms with van der Waals surface area (Å²) in [6.07, 6.45) is 3.90. The number of aryl methyl sites for hydroxylation is 2. The number of hydrogen-bond acceptors (Lipinski definition) is 3. The van der Waals surface area contributed by atoms with E-state index in [0.29, 0.717) is 6.04 Å². The van der Waals surface area contributed by atoms with E-state index in [2.05, 4.69) is 63.7 Å². The molecular weight excluding hydrogens is 287 g/mol. The Hall–Kier alpha value is -1.33. The Morgan fingerprint density at radius 1 is 1.17 bits per heavy atom. The first-order valence-corrected chi connectivity index (χ1v) is 8.25. The van der Waals surface area contributed by atoms with E-state index in [9.17, 15) is 0 Å². The molecule has 0 spiro atoms. The second kappa shape index (κ2) is 5.95. The molecule has 0 saturated carbocycles. The highest BCUT2D eigenvalue weighted by molar-refractivity contribution is 6.56. The first-order valence-electron chi connectivity index (χ1n) is 8.25. The van der Waals surface area contributed by atoms with Crippen LogP contribution in [0, 0.1) is 13.8 Å². The van der Waals surface area contributed by atoms with Crippen LogP contribution >= 0.6 is 0 Å². The van der Waals surface area contributed by atoms with E-state index in [0.717, 1.165) is 22.7 Å². The van der Waals surface area contributed by atoms with E-state index >= 15 is 0 Å². The van der Waals surface area contributed by atoms with Gasteiger partial charge >= 0.3 is 7.12 Å². The molecule has 0 unspecified atom stereocenters. The monoisotopic (exact) mass is 316 g/mol. The van der Waals surface area contributed by atoms with Gasteiger partial charge in [0.1, 0.15) is 5.82 Å². The lowest BCUT2D eigenvalue weighted by atomic mass is 9.77. The van der Waals surface area contributed by atoms with Crippen molar-refractivity contribution in [1.82, 2.24) is 9.55 Å². The third kappa shape index (κ3) is 3.17. The standard InChI is InChI=1S/C18H29BN2O2/c1-10-15(19-22-17(6,7)18(8,9)23-19)11-16-13(4)20-14(5)21(16)12(2)3/h10-12H,1H2,2-9H3/b15-11+. The largest absolute Gasteiger partial charge is 0.494 e. The van der Waals surface area contributed by atoms with Gasteiger partial charge in [0.2, 0.25) is 0 Å². The lowest BCUT2D eigenvalue weighted by Gasteiger charge is -2.32. The molecule has 126 valence electrons. The Morgan fingerprint density at radius 2 is 1.70 bits per heavy atom. The van der Waals surface area contributed by atoms with Crippen LogP contribution in [0.3, 0.4) is 0 Å². The van der Waals surface area contributed by atoms with Crippen LogP contribution in [0.15, 0.2) is 18.1 Å². The predicted octanol–water partition coefficient (Wildman–Crippen LogP) is 4.28. The predicted molar refractivity (Wildman–Crippen MR) is 96.3 cm³/mol. The third-order valence-corrected chi connectivity index (χ3v) is 4.89. The number of nitrogens with zero attached hydrogens (tertiary/aromatic N) is 2. The minimum absolute atomic E-state index is 0.340. The zero-order chi connectivity index (χ0) is 17.6. The van der Waals surface area contributed by atoms with E-state index in [1.807, 2.05) is 19.9 Å². The molecule has 2 rings (SSSR count). The third-order valence-electron chi connectivity index (χ3n) is 4.89. The molecule has 4 nitrogen and oxygen atoms in total. The molecular formula is C18H29BN2O2. The van der Waals surface area contributed by atoms with Crippen molar-refractivity contribution < 1.29 is 9.31 Å². The maximum Gasteiger partial charge on any atom is 0.494 e. The van der Waals surface area contributed by atoms with Gasteiger partial charge in [0.05, 0.1) is 22.6 Å². The van der Waals surface area contributed by atoms with E-state index in [-0.39, 0.29) is 11.2 Å². The van der Waals surface area contributed by atoms with E-state index in [4.69, 9.17) is 9.31 Å². The minimum atomic E-state index is -0.410. The van der Waals surface area contributed by atoms with Gasteiger partial charge in [-0.1, -0.05) is 12.7 Å². The Morgan fingerprint density at radius 3 is 2.13 bits per heavy atom. The average molecular weight is 316 g/mol. The summed E-state index contributed by atoms with van der Waals surface area (Å²) in [5.41, 5.74) is 2.30. The lowest BCUT2D eigenvalue weighted by Crippen LogP contribution is -2.41. The van der Waals surface area contributed by atoms with Crippen molar-refractivity contribution >= 4 is 13.2 Å². The van der Waals surface area contributed by atoms with Crippen molar-refractivity contribution in [2.45, 2.75) is 72.6 Å². The first kappa shape index (κ1) is 18.0. The van der Waals surface area contributed by atoms with Gasteiger partial charge in [0.15, 0.2) is 0 Å². The fourth-order valence-electron chi connectivity index (χ4n) is 2.89. The molecule has 5 heteroatoms. The van der Waals surface area contributed by atoms with Crippen molar-refractivity contribution in [1.29, 1.82) is 0 Å². The van der Waals surface area contributed by atoms with Gasteiger partial charge in [-0.05, 0) is 66.9 Å². The number of allylic oxidation sites excluding steroid dienone is 2. The van der Waals surface area contributed by atoms with Gasteiger partial charge in [-0.3, -0.25) is 0 Å². The Bertz CT molecular complexity index is 626. The minimum Gasteiger partial charge on any atom is -0.399 e. The van der Waals surface area contributed by atoms with E-state index in [1.165, 1.54) is 0 Å². The maximum atomic E-state index is 6.14. The second-order valence-corrected chi connectivity index (χ2v) is 7.53. The molecule has 0 amide bonds. The summed E-state index contributed by atoms with van der Waals surface area (Å²) in [6.45, 7) is 20.6. The van der Waals surface area contributed by atoms with Crippen molar-refractivity contribution in [3.05, 3.63) is 35.3 Å². The fraction of sp³-hybridized carbons (Fsp3) is 0.611. The highest BCUT2D eigenvalue weighted by Crippen LogP contribution is 2.39. The summed E-state index contributed by atoms with van der Waals surface area (Å²) in [5, 5.41) is 0. The summed E-state index contributed by atoms with van der Waals surface area (Å²) in [7, 11) is -0.410. The highest BCUT2D eigenvalue weighted by Gasteiger charge is 2.52. The summed E-state index contributed by atoms with van der Waals surface area (Å²) >= 11 is 0. The molecule has 23 heavy (non-hydrogen) atoms. The Kier molecular flexibility index (Phi) is 4.66. The maximum absolute atomic E-state index is 6.14.